The summed E-state index contributed by atoms with van der Waals surface area (Å²) in [6.45, 7) is 0. The number of nitrogens with zero attached hydrogens (tertiary/aromatic N) is 2. The highest BCUT2D eigenvalue weighted by molar-refractivity contribution is 5.52. The number of benzene rings is 2. The third kappa shape index (κ3) is 2.68. The first kappa shape index (κ1) is 11.6. The zero-order chi connectivity index (χ0) is 12.9. The van der Waals surface area contributed by atoms with E-state index in [0.29, 0.717) is 5.92 Å². The molecule has 0 heterocycles. The van der Waals surface area contributed by atoms with Crippen molar-refractivity contribution in [2.24, 2.45) is 10.2 Å². The second-order valence-corrected chi connectivity index (χ2v) is 4.39. The van der Waals surface area contributed by atoms with Crippen LogP contribution in [0.1, 0.15) is 11.5 Å². The molecule has 19 heavy (non-hydrogen) atoms. The monoisotopic (exact) mass is 246 g/mol. The van der Waals surface area contributed by atoms with Crippen molar-refractivity contribution in [3.63, 3.8) is 0 Å². The van der Waals surface area contributed by atoms with Crippen LogP contribution in [0.15, 0.2) is 89.1 Å². The van der Waals surface area contributed by atoms with Gasteiger partial charge in [-0.1, -0.05) is 60.7 Å². The largest absolute Gasteiger partial charge is 0.151 e. The second-order valence-electron chi connectivity index (χ2n) is 4.39. The molecule has 0 fully saturated rings. The van der Waals surface area contributed by atoms with Crippen LogP contribution in [0.3, 0.4) is 0 Å². The maximum Gasteiger partial charge on any atom is 0.0898 e. The van der Waals surface area contributed by atoms with E-state index in [1.54, 1.807) is 0 Å². The summed E-state index contributed by atoms with van der Waals surface area (Å²) >= 11 is 0. The first-order valence-electron chi connectivity index (χ1n) is 6.34. The van der Waals surface area contributed by atoms with E-state index in [-0.39, 0.29) is 0 Å². The van der Waals surface area contributed by atoms with Gasteiger partial charge in [-0.15, -0.1) is 0 Å². The van der Waals surface area contributed by atoms with E-state index in [1.807, 2.05) is 48.5 Å². The van der Waals surface area contributed by atoms with E-state index < -0.39 is 0 Å². The molecular weight excluding hydrogens is 232 g/mol. The minimum atomic E-state index is 0.311. The Hall–Kier alpha value is -2.48. The average molecular weight is 246 g/mol. The zero-order valence-electron chi connectivity index (χ0n) is 10.5. The molecule has 2 heteroatoms. The van der Waals surface area contributed by atoms with E-state index in [2.05, 4.69) is 40.6 Å². The lowest BCUT2D eigenvalue weighted by Gasteiger charge is -2.08. The molecule has 0 radical (unpaired) electrons. The predicted octanol–water partition coefficient (Wildman–Crippen LogP) is 5.31. The van der Waals surface area contributed by atoms with Gasteiger partial charge in [-0.25, -0.2) is 0 Å². The Labute approximate surface area is 112 Å². The lowest BCUT2D eigenvalue weighted by molar-refractivity contribution is 1.08. The van der Waals surface area contributed by atoms with Crippen LogP contribution >= 0.6 is 0 Å². The topological polar surface area (TPSA) is 24.7 Å². The number of hydrogen-bond donors (Lipinski definition) is 0. The summed E-state index contributed by atoms with van der Waals surface area (Å²) in [6.07, 6.45) is 8.46. The Morgan fingerprint density at radius 1 is 0.684 bits per heavy atom. The van der Waals surface area contributed by atoms with E-state index in [4.69, 9.17) is 0 Å². The van der Waals surface area contributed by atoms with Crippen molar-refractivity contribution < 1.29 is 0 Å². The van der Waals surface area contributed by atoms with Crippen LogP contribution < -0.4 is 0 Å². The SMILES string of the molecule is C1=CC(c2ccccc2N=Nc2ccccc2)C=C1. The van der Waals surface area contributed by atoms with Crippen LogP contribution in [-0.4, -0.2) is 0 Å². The van der Waals surface area contributed by atoms with Gasteiger partial charge in [0.15, 0.2) is 0 Å². The molecule has 0 amide bonds. The molecule has 2 aromatic carbocycles. The molecule has 3 rings (SSSR count). The Morgan fingerprint density at radius 3 is 2.16 bits per heavy atom. The maximum absolute atomic E-state index is 4.38. The fourth-order valence-electron chi connectivity index (χ4n) is 2.11. The van der Waals surface area contributed by atoms with Crippen LogP contribution in [0, 0.1) is 0 Å². The number of azo groups is 1. The summed E-state index contributed by atoms with van der Waals surface area (Å²) < 4.78 is 0. The average Bonchev–Trinajstić information content (AvgIpc) is 3.01. The molecule has 0 spiro atoms. The van der Waals surface area contributed by atoms with Crippen molar-refractivity contribution in [2.75, 3.05) is 0 Å². The van der Waals surface area contributed by atoms with Gasteiger partial charge in [-0.2, -0.15) is 10.2 Å². The highest BCUT2D eigenvalue weighted by Gasteiger charge is 2.10. The lowest BCUT2D eigenvalue weighted by Crippen LogP contribution is -1.88. The standard InChI is InChI=1S/C17H14N2/c1-2-10-15(11-3-1)18-19-17-13-7-6-12-16(17)14-8-4-5-9-14/h1-14H. The molecule has 2 aromatic rings. The fourth-order valence-corrected chi connectivity index (χ4v) is 2.11. The van der Waals surface area contributed by atoms with Crippen LogP contribution in [0.25, 0.3) is 0 Å². The van der Waals surface area contributed by atoms with Crippen molar-refractivity contribution in [1.82, 2.24) is 0 Å². The van der Waals surface area contributed by atoms with Gasteiger partial charge in [0.05, 0.1) is 11.4 Å². The molecule has 0 atom stereocenters. The molecular formula is C17H14N2. The maximum atomic E-state index is 4.38. The summed E-state index contributed by atoms with van der Waals surface area (Å²) in [7, 11) is 0. The van der Waals surface area contributed by atoms with Crippen molar-refractivity contribution in [3.05, 3.63) is 84.5 Å². The van der Waals surface area contributed by atoms with Gasteiger partial charge in [0, 0.05) is 5.92 Å². The summed E-state index contributed by atoms with van der Waals surface area (Å²) in [4.78, 5) is 0. The number of rotatable bonds is 3. The summed E-state index contributed by atoms with van der Waals surface area (Å²) in [6, 6.07) is 17.9. The van der Waals surface area contributed by atoms with E-state index in [9.17, 15) is 0 Å². The van der Waals surface area contributed by atoms with Gasteiger partial charge in [-0.05, 0) is 23.8 Å². The van der Waals surface area contributed by atoms with Gasteiger partial charge in [0.2, 0.25) is 0 Å². The molecule has 0 saturated carbocycles. The van der Waals surface area contributed by atoms with Gasteiger partial charge in [-0.3, -0.25) is 0 Å². The minimum absolute atomic E-state index is 0.311. The molecule has 0 saturated heterocycles. The molecule has 92 valence electrons. The highest BCUT2D eigenvalue weighted by Crippen LogP contribution is 2.32. The summed E-state index contributed by atoms with van der Waals surface area (Å²) in [5, 5.41) is 8.66. The molecule has 0 aliphatic heterocycles. The first-order chi connectivity index (χ1) is 9.43. The zero-order valence-corrected chi connectivity index (χ0v) is 10.5. The third-order valence-electron chi connectivity index (χ3n) is 3.07. The van der Waals surface area contributed by atoms with Crippen LogP contribution in [0.4, 0.5) is 11.4 Å². The minimum Gasteiger partial charge on any atom is -0.151 e. The van der Waals surface area contributed by atoms with Crippen LogP contribution in [-0.2, 0) is 0 Å². The quantitative estimate of drug-likeness (QED) is 0.655. The normalized spacial score (nSPS) is 14.5. The predicted molar refractivity (Wildman–Crippen MR) is 78.1 cm³/mol. The van der Waals surface area contributed by atoms with E-state index in [1.165, 1.54) is 5.56 Å². The number of hydrogen-bond acceptors (Lipinski definition) is 2. The van der Waals surface area contributed by atoms with Crippen LogP contribution in [0.2, 0.25) is 0 Å². The van der Waals surface area contributed by atoms with Crippen LogP contribution in [0.5, 0.6) is 0 Å². The van der Waals surface area contributed by atoms with Gasteiger partial charge >= 0.3 is 0 Å². The fraction of sp³-hybridized carbons (Fsp3) is 0.0588. The Balaban J connectivity index is 1.91. The molecule has 0 N–H and O–H groups in total. The Kier molecular flexibility index (Phi) is 3.32. The highest BCUT2D eigenvalue weighted by atomic mass is 15.1. The second kappa shape index (κ2) is 5.44. The summed E-state index contributed by atoms with van der Waals surface area (Å²) in [5.74, 6) is 0.311. The van der Waals surface area contributed by atoms with Gasteiger partial charge in [0.25, 0.3) is 0 Å². The molecule has 1 aliphatic carbocycles. The Morgan fingerprint density at radius 2 is 1.37 bits per heavy atom. The van der Waals surface area contributed by atoms with Crippen molar-refractivity contribution in [3.8, 4) is 0 Å². The Bertz CT molecular complexity index is 627. The smallest absolute Gasteiger partial charge is 0.0898 e. The van der Waals surface area contributed by atoms with Crippen molar-refractivity contribution in [1.29, 1.82) is 0 Å². The van der Waals surface area contributed by atoms with Gasteiger partial charge in [0.1, 0.15) is 0 Å². The summed E-state index contributed by atoms with van der Waals surface area (Å²) in [5.41, 5.74) is 2.98. The molecule has 2 nitrogen and oxygen atoms in total. The first-order valence-corrected chi connectivity index (χ1v) is 6.34. The lowest BCUT2D eigenvalue weighted by atomic mass is 9.99. The van der Waals surface area contributed by atoms with Crippen molar-refractivity contribution >= 4 is 11.4 Å². The van der Waals surface area contributed by atoms with E-state index in [0.717, 1.165) is 11.4 Å². The third-order valence-corrected chi connectivity index (χ3v) is 3.07. The van der Waals surface area contributed by atoms with Crippen molar-refractivity contribution in [2.45, 2.75) is 5.92 Å². The molecule has 1 aliphatic rings. The van der Waals surface area contributed by atoms with Gasteiger partial charge < -0.3 is 0 Å². The molecule has 0 unspecified atom stereocenters. The molecule has 0 bridgehead atoms. The van der Waals surface area contributed by atoms with E-state index >= 15 is 0 Å². The number of allylic oxidation sites excluding steroid dienone is 4. The molecule has 0 aromatic heterocycles.